The normalized spacial score (nSPS) is 14.6. The molecule has 29 heavy (non-hydrogen) atoms. The molecule has 0 bridgehead atoms. The molecule has 0 unspecified atom stereocenters. The first kappa shape index (κ1) is 19.5. The molecule has 2 heterocycles. The molecule has 1 aliphatic heterocycles. The summed E-state index contributed by atoms with van der Waals surface area (Å²) in [6.07, 6.45) is -2.48. The second-order valence-electron chi connectivity index (χ2n) is 7.25. The van der Waals surface area contributed by atoms with Crippen LogP contribution >= 0.6 is 0 Å². The van der Waals surface area contributed by atoms with Crippen LogP contribution in [0.2, 0.25) is 0 Å². The Morgan fingerprint density at radius 1 is 1.07 bits per heavy atom. The summed E-state index contributed by atoms with van der Waals surface area (Å²) in [5.41, 5.74) is 3.47. The van der Waals surface area contributed by atoms with Crippen LogP contribution < -0.4 is 10.2 Å². The largest absolute Gasteiger partial charge is 0.378 e. The molecule has 1 aliphatic rings. The Hall–Kier alpha value is -2.80. The maximum atomic E-state index is 13.2. The number of aryl methyl sites for hydroxylation is 1. The van der Waals surface area contributed by atoms with Gasteiger partial charge in [-0.1, -0.05) is 24.3 Å². The lowest BCUT2D eigenvalue weighted by Gasteiger charge is -2.29. The number of nitrogens with zero attached hydrogens (tertiary/aromatic N) is 3. The van der Waals surface area contributed by atoms with Gasteiger partial charge in [0, 0.05) is 41.7 Å². The average molecular weight is 398 g/mol. The molecule has 1 aromatic heterocycles. The molecule has 0 saturated carbocycles. The molecule has 0 atom stereocenters. The van der Waals surface area contributed by atoms with E-state index in [4.69, 9.17) is 4.74 Å². The van der Waals surface area contributed by atoms with Crippen molar-refractivity contribution in [1.82, 2.24) is 10.2 Å². The highest BCUT2D eigenvalue weighted by Gasteiger charge is 2.15. The van der Waals surface area contributed by atoms with Crippen LogP contribution in [0.1, 0.15) is 28.8 Å². The Labute approximate surface area is 168 Å². The molecule has 0 amide bonds. The van der Waals surface area contributed by atoms with Gasteiger partial charge in [-0.3, -0.25) is 0 Å². The third kappa shape index (κ3) is 4.00. The summed E-state index contributed by atoms with van der Waals surface area (Å²) in [5, 5.41) is 13.9. The summed E-state index contributed by atoms with van der Waals surface area (Å²) in [5.74, 6) is 0.655. The smallest absolute Gasteiger partial charge is 0.264 e. The summed E-state index contributed by atoms with van der Waals surface area (Å²) < 4.78 is 31.8. The zero-order chi connectivity index (χ0) is 20.4. The number of aromatic nitrogens is 2. The number of anilines is 2. The van der Waals surface area contributed by atoms with Crippen molar-refractivity contribution < 1.29 is 13.5 Å². The summed E-state index contributed by atoms with van der Waals surface area (Å²) >= 11 is 0. The number of morpholine rings is 1. The lowest BCUT2D eigenvalue weighted by atomic mass is 10.0. The zero-order valence-corrected chi connectivity index (χ0v) is 16.6. The first-order valence-electron chi connectivity index (χ1n) is 9.74. The Kier molecular flexibility index (Phi) is 5.58. The van der Waals surface area contributed by atoms with E-state index in [-0.39, 0.29) is 5.56 Å². The van der Waals surface area contributed by atoms with Crippen molar-refractivity contribution in [1.29, 1.82) is 0 Å². The quantitative estimate of drug-likeness (QED) is 0.679. The Bertz CT molecular complexity index is 1020. The van der Waals surface area contributed by atoms with Crippen LogP contribution in [0.15, 0.2) is 36.4 Å². The Morgan fingerprint density at radius 2 is 1.86 bits per heavy atom. The number of rotatable bonds is 5. The molecular formula is C22H24F2N4O. The second kappa shape index (κ2) is 8.29. The number of ether oxygens (including phenoxy) is 1. The Balaban J connectivity index is 1.65. The van der Waals surface area contributed by atoms with Crippen molar-refractivity contribution in [2.45, 2.75) is 26.8 Å². The molecule has 4 rings (SSSR count). The van der Waals surface area contributed by atoms with Gasteiger partial charge in [0.2, 0.25) is 0 Å². The summed E-state index contributed by atoms with van der Waals surface area (Å²) in [4.78, 5) is 2.29. The van der Waals surface area contributed by atoms with E-state index in [1.807, 2.05) is 13.0 Å². The van der Waals surface area contributed by atoms with E-state index >= 15 is 0 Å². The van der Waals surface area contributed by atoms with Crippen LogP contribution in [0.25, 0.3) is 10.8 Å². The van der Waals surface area contributed by atoms with E-state index in [2.05, 4.69) is 38.6 Å². The van der Waals surface area contributed by atoms with Crippen molar-refractivity contribution in [3.8, 4) is 0 Å². The number of benzene rings is 2. The van der Waals surface area contributed by atoms with Gasteiger partial charge in [0.15, 0.2) is 5.82 Å². The highest BCUT2D eigenvalue weighted by atomic mass is 19.3. The number of nitrogens with one attached hydrogen (secondary N) is 1. The number of alkyl halides is 2. The minimum Gasteiger partial charge on any atom is -0.378 e. The minimum atomic E-state index is -2.48. The van der Waals surface area contributed by atoms with E-state index in [9.17, 15) is 8.78 Å². The molecule has 2 aromatic carbocycles. The lowest BCUT2D eigenvalue weighted by molar-refractivity contribution is 0.122. The molecule has 1 N–H and O–H groups in total. The van der Waals surface area contributed by atoms with Crippen LogP contribution in [-0.4, -0.2) is 36.5 Å². The second-order valence-corrected chi connectivity index (χ2v) is 7.25. The van der Waals surface area contributed by atoms with Crippen LogP contribution in [-0.2, 0) is 11.3 Å². The Morgan fingerprint density at radius 3 is 2.62 bits per heavy atom. The zero-order valence-electron chi connectivity index (χ0n) is 16.6. The van der Waals surface area contributed by atoms with Gasteiger partial charge in [0.05, 0.1) is 18.9 Å². The van der Waals surface area contributed by atoms with Gasteiger partial charge >= 0.3 is 0 Å². The average Bonchev–Trinajstić information content (AvgIpc) is 2.74. The fraction of sp³-hybridized carbons (Fsp3) is 0.364. The van der Waals surface area contributed by atoms with Crippen molar-refractivity contribution in [3.05, 3.63) is 58.8 Å². The fourth-order valence-electron chi connectivity index (χ4n) is 3.74. The van der Waals surface area contributed by atoms with Gasteiger partial charge < -0.3 is 15.0 Å². The van der Waals surface area contributed by atoms with Gasteiger partial charge in [-0.05, 0) is 37.1 Å². The predicted molar refractivity (Wildman–Crippen MR) is 111 cm³/mol. The number of halogens is 2. The highest BCUT2D eigenvalue weighted by Crippen LogP contribution is 2.30. The van der Waals surface area contributed by atoms with Crippen LogP contribution in [0.5, 0.6) is 0 Å². The molecule has 152 valence electrons. The predicted octanol–water partition coefficient (Wildman–Crippen LogP) is 4.63. The van der Waals surface area contributed by atoms with E-state index in [1.54, 1.807) is 13.0 Å². The van der Waals surface area contributed by atoms with E-state index in [0.717, 1.165) is 54.0 Å². The standard InChI is InChI=1S/C22H24F2N4O/c1-14-16(4-3-5-18(14)21(23)24)13-25-22-20-12-17(28-8-10-29-11-9-28)6-7-19(20)15(2)26-27-22/h3-7,12,21H,8-11,13H2,1-2H3,(H,25,27). The molecule has 5 nitrogen and oxygen atoms in total. The monoisotopic (exact) mass is 398 g/mol. The summed E-state index contributed by atoms with van der Waals surface area (Å²) in [6.45, 7) is 7.21. The SMILES string of the molecule is Cc1c(CNc2nnc(C)c3ccc(N4CCOCC4)cc23)cccc1C(F)F. The highest BCUT2D eigenvalue weighted by molar-refractivity contribution is 5.95. The third-order valence-electron chi connectivity index (χ3n) is 5.49. The molecule has 1 saturated heterocycles. The summed E-state index contributed by atoms with van der Waals surface area (Å²) in [7, 11) is 0. The van der Waals surface area contributed by atoms with Gasteiger partial charge in [-0.2, -0.15) is 5.10 Å². The van der Waals surface area contributed by atoms with E-state index in [1.165, 1.54) is 6.07 Å². The van der Waals surface area contributed by atoms with E-state index in [0.29, 0.717) is 17.9 Å². The molecule has 7 heteroatoms. The molecule has 0 spiro atoms. The van der Waals surface area contributed by atoms with Crippen molar-refractivity contribution in [3.63, 3.8) is 0 Å². The fourth-order valence-corrected chi connectivity index (χ4v) is 3.74. The number of hydrogen-bond donors (Lipinski definition) is 1. The van der Waals surface area contributed by atoms with Crippen molar-refractivity contribution in [2.24, 2.45) is 0 Å². The molecule has 0 aliphatic carbocycles. The minimum absolute atomic E-state index is 0.0683. The van der Waals surface area contributed by atoms with Gasteiger partial charge in [0.1, 0.15) is 0 Å². The van der Waals surface area contributed by atoms with Crippen molar-refractivity contribution >= 4 is 22.3 Å². The molecule has 3 aromatic rings. The third-order valence-corrected chi connectivity index (χ3v) is 5.49. The number of hydrogen-bond acceptors (Lipinski definition) is 5. The van der Waals surface area contributed by atoms with Gasteiger partial charge in [-0.15, -0.1) is 5.10 Å². The molecule has 0 radical (unpaired) electrons. The molecular weight excluding hydrogens is 374 g/mol. The summed E-state index contributed by atoms with van der Waals surface area (Å²) in [6, 6.07) is 11.3. The number of fused-ring (bicyclic) bond motifs is 1. The maximum absolute atomic E-state index is 13.2. The van der Waals surface area contributed by atoms with Gasteiger partial charge in [-0.25, -0.2) is 8.78 Å². The van der Waals surface area contributed by atoms with Crippen LogP contribution in [0, 0.1) is 13.8 Å². The van der Waals surface area contributed by atoms with Crippen molar-refractivity contribution in [2.75, 3.05) is 36.5 Å². The first-order chi connectivity index (χ1) is 14.0. The first-order valence-corrected chi connectivity index (χ1v) is 9.74. The van der Waals surface area contributed by atoms with Crippen LogP contribution in [0.4, 0.5) is 20.3 Å². The maximum Gasteiger partial charge on any atom is 0.264 e. The topological polar surface area (TPSA) is 50.3 Å². The lowest BCUT2D eigenvalue weighted by Crippen LogP contribution is -2.36. The molecule has 1 fully saturated rings. The van der Waals surface area contributed by atoms with Gasteiger partial charge in [0.25, 0.3) is 6.43 Å². The van der Waals surface area contributed by atoms with E-state index < -0.39 is 6.43 Å². The van der Waals surface area contributed by atoms with Crippen LogP contribution in [0.3, 0.4) is 0 Å².